The van der Waals surface area contributed by atoms with E-state index in [0.717, 1.165) is 23.6 Å². The molecule has 9 heteroatoms. The summed E-state index contributed by atoms with van der Waals surface area (Å²) in [6, 6.07) is 2.94. The molecule has 0 fully saturated rings. The Morgan fingerprint density at radius 1 is 1.25 bits per heavy atom. The Morgan fingerprint density at radius 3 is 2.58 bits per heavy atom. The monoisotopic (exact) mass is 357 g/mol. The van der Waals surface area contributed by atoms with Crippen molar-refractivity contribution >= 4 is 21.9 Å². The van der Waals surface area contributed by atoms with Gasteiger partial charge in [0.25, 0.3) is 0 Å². The standard InChI is InChI=1S/C15H23N3O5S/c1-18(24(22,23)13-7-6-9-16-11-13)12-14(19)17-10-5-3-2-4-8-15(20)21/h6-7,9,11H,2-5,8,10,12H2,1H3,(H,17,19)(H,20,21). The average molecular weight is 357 g/mol. The number of aromatic nitrogens is 1. The minimum absolute atomic E-state index is 0.0405. The van der Waals surface area contributed by atoms with E-state index >= 15 is 0 Å². The summed E-state index contributed by atoms with van der Waals surface area (Å²) in [7, 11) is -2.39. The van der Waals surface area contributed by atoms with Crippen LogP contribution >= 0.6 is 0 Å². The Kier molecular flexibility index (Phi) is 8.34. The van der Waals surface area contributed by atoms with Gasteiger partial charge in [0.2, 0.25) is 15.9 Å². The number of likely N-dealkylation sites (N-methyl/N-ethyl adjacent to an activating group) is 1. The van der Waals surface area contributed by atoms with E-state index in [1.807, 2.05) is 0 Å². The number of nitrogens with one attached hydrogen (secondary N) is 1. The second-order valence-corrected chi connectivity index (χ2v) is 7.40. The SMILES string of the molecule is CN(CC(=O)NCCCCCCC(=O)O)S(=O)(=O)c1cccnc1. The Balaban J connectivity index is 2.28. The third kappa shape index (κ3) is 7.05. The first-order valence-corrected chi connectivity index (χ1v) is 9.13. The first-order chi connectivity index (χ1) is 11.3. The maximum Gasteiger partial charge on any atom is 0.303 e. The first-order valence-electron chi connectivity index (χ1n) is 7.69. The molecule has 0 saturated heterocycles. The maximum atomic E-state index is 12.2. The summed E-state index contributed by atoms with van der Waals surface area (Å²) in [4.78, 5) is 26.0. The molecule has 0 unspecified atom stereocenters. The smallest absolute Gasteiger partial charge is 0.303 e. The van der Waals surface area contributed by atoms with Crippen LogP contribution in [0.2, 0.25) is 0 Å². The van der Waals surface area contributed by atoms with Gasteiger partial charge in [-0.15, -0.1) is 0 Å². The Hall–Kier alpha value is -2.00. The number of pyridine rings is 1. The van der Waals surface area contributed by atoms with Crippen molar-refractivity contribution in [2.24, 2.45) is 0 Å². The molecule has 2 N–H and O–H groups in total. The molecule has 0 radical (unpaired) electrons. The number of unbranched alkanes of at least 4 members (excludes halogenated alkanes) is 3. The van der Waals surface area contributed by atoms with E-state index in [9.17, 15) is 18.0 Å². The number of sulfonamides is 1. The highest BCUT2D eigenvalue weighted by Gasteiger charge is 2.22. The van der Waals surface area contributed by atoms with Crippen LogP contribution in [0.3, 0.4) is 0 Å². The normalized spacial score (nSPS) is 11.4. The molecule has 24 heavy (non-hydrogen) atoms. The van der Waals surface area contributed by atoms with Crippen LogP contribution in [0.25, 0.3) is 0 Å². The fraction of sp³-hybridized carbons (Fsp3) is 0.533. The summed E-state index contributed by atoms with van der Waals surface area (Å²) in [5.41, 5.74) is 0. The van der Waals surface area contributed by atoms with Gasteiger partial charge in [-0.2, -0.15) is 4.31 Å². The molecule has 0 aromatic carbocycles. The van der Waals surface area contributed by atoms with Gasteiger partial charge in [0.1, 0.15) is 4.90 Å². The van der Waals surface area contributed by atoms with Crippen molar-refractivity contribution < 1.29 is 23.1 Å². The third-order valence-electron chi connectivity index (χ3n) is 3.35. The second kappa shape index (κ2) is 9.99. The molecule has 0 bridgehead atoms. The molecule has 0 spiro atoms. The molecule has 1 amide bonds. The lowest BCUT2D eigenvalue weighted by Crippen LogP contribution is -2.38. The molecule has 0 aliphatic carbocycles. The molecule has 0 atom stereocenters. The number of hydrogen-bond acceptors (Lipinski definition) is 5. The highest BCUT2D eigenvalue weighted by molar-refractivity contribution is 7.89. The molecule has 0 aliphatic rings. The van der Waals surface area contributed by atoms with Crippen LogP contribution < -0.4 is 5.32 Å². The summed E-state index contributed by atoms with van der Waals surface area (Å²) in [5.74, 6) is -1.18. The second-order valence-electron chi connectivity index (χ2n) is 5.36. The fourth-order valence-corrected chi connectivity index (χ4v) is 3.10. The number of carboxylic acids is 1. The largest absolute Gasteiger partial charge is 0.481 e. The van der Waals surface area contributed by atoms with Crippen molar-refractivity contribution in [1.29, 1.82) is 0 Å². The lowest BCUT2D eigenvalue weighted by molar-refractivity contribution is -0.137. The lowest BCUT2D eigenvalue weighted by atomic mass is 10.1. The molecule has 0 saturated carbocycles. The Labute approximate surface area is 141 Å². The van der Waals surface area contributed by atoms with E-state index in [0.29, 0.717) is 13.0 Å². The van der Waals surface area contributed by atoms with Crippen LogP contribution in [0, 0.1) is 0 Å². The van der Waals surface area contributed by atoms with Gasteiger partial charge in [-0.05, 0) is 25.0 Å². The molecule has 1 heterocycles. The zero-order valence-corrected chi connectivity index (χ0v) is 14.5. The molecule has 8 nitrogen and oxygen atoms in total. The average Bonchev–Trinajstić information content (AvgIpc) is 2.54. The zero-order valence-electron chi connectivity index (χ0n) is 13.6. The van der Waals surface area contributed by atoms with Gasteiger partial charge >= 0.3 is 5.97 Å². The molecule has 1 aromatic heterocycles. The first kappa shape index (κ1) is 20.0. The summed E-state index contributed by atoms with van der Waals surface area (Å²) in [5, 5.41) is 11.2. The van der Waals surface area contributed by atoms with E-state index in [1.165, 1.54) is 31.6 Å². The van der Waals surface area contributed by atoms with Crippen molar-refractivity contribution in [3.63, 3.8) is 0 Å². The van der Waals surface area contributed by atoms with Crippen molar-refractivity contribution in [1.82, 2.24) is 14.6 Å². The number of carbonyl (C=O) groups excluding carboxylic acids is 1. The molecule has 0 aliphatic heterocycles. The fourth-order valence-electron chi connectivity index (χ4n) is 2.01. The van der Waals surface area contributed by atoms with Gasteiger partial charge < -0.3 is 10.4 Å². The van der Waals surface area contributed by atoms with Crippen LogP contribution in [0.5, 0.6) is 0 Å². The number of aliphatic carboxylic acids is 1. The predicted molar refractivity (Wildman–Crippen MR) is 87.8 cm³/mol. The summed E-state index contributed by atoms with van der Waals surface area (Å²) < 4.78 is 25.4. The minimum atomic E-state index is -3.73. The van der Waals surface area contributed by atoms with E-state index in [1.54, 1.807) is 0 Å². The summed E-state index contributed by atoms with van der Waals surface area (Å²) >= 11 is 0. The number of carbonyl (C=O) groups is 2. The van der Waals surface area contributed by atoms with Crippen molar-refractivity contribution in [2.75, 3.05) is 20.1 Å². The quantitative estimate of drug-likeness (QED) is 0.567. The highest BCUT2D eigenvalue weighted by Crippen LogP contribution is 2.11. The van der Waals surface area contributed by atoms with Gasteiger partial charge in [0, 0.05) is 32.4 Å². The number of amides is 1. The molecular weight excluding hydrogens is 334 g/mol. The number of hydrogen-bond donors (Lipinski definition) is 2. The number of rotatable bonds is 11. The van der Waals surface area contributed by atoms with Gasteiger partial charge in [-0.25, -0.2) is 8.42 Å². The van der Waals surface area contributed by atoms with Crippen LogP contribution in [0.15, 0.2) is 29.4 Å². The van der Waals surface area contributed by atoms with E-state index in [2.05, 4.69) is 10.3 Å². The Morgan fingerprint density at radius 2 is 1.96 bits per heavy atom. The predicted octanol–water partition coefficient (Wildman–Crippen LogP) is 0.853. The minimum Gasteiger partial charge on any atom is -0.481 e. The third-order valence-corrected chi connectivity index (χ3v) is 5.14. The summed E-state index contributed by atoms with van der Waals surface area (Å²) in [6.45, 7) is 0.170. The van der Waals surface area contributed by atoms with E-state index < -0.39 is 16.0 Å². The highest BCUT2D eigenvalue weighted by atomic mass is 32.2. The molecular formula is C15H23N3O5S. The maximum absolute atomic E-state index is 12.2. The number of nitrogens with zero attached hydrogens (tertiary/aromatic N) is 2. The van der Waals surface area contributed by atoms with Crippen molar-refractivity contribution in [3.8, 4) is 0 Å². The lowest BCUT2D eigenvalue weighted by Gasteiger charge is -2.16. The molecule has 134 valence electrons. The van der Waals surface area contributed by atoms with Gasteiger partial charge in [0.05, 0.1) is 6.54 Å². The van der Waals surface area contributed by atoms with E-state index in [4.69, 9.17) is 5.11 Å². The topological polar surface area (TPSA) is 117 Å². The van der Waals surface area contributed by atoms with Gasteiger partial charge in [-0.3, -0.25) is 14.6 Å². The molecule has 1 aromatic rings. The van der Waals surface area contributed by atoms with Gasteiger partial charge in [-0.1, -0.05) is 12.8 Å². The number of carboxylic acid groups (broad SMARTS) is 1. The summed E-state index contributed by atoms with van der Waals surface area (Å²) in [6.07, 6.45) is 5.82. The van der Waals surface area contributed by atoms with Crippen molar-refractivity contribution in [3.05, 3.63) is 24.5 Å². The molecule has 1 rings (SSSR count). The van der Waals surface area contributed by atoms with Gasteiger partial charge in [0.15, 0.2) is 0 Å². The van der Waals surface area contributed by atoms with Crippen molar-refractivity contribution in [2.45, 2.75) is 37.0 Å². The van der Waals surface area contributed by atoms with Crippen LogP contribution in [-0.2, 0) is 19.6 Å². The van der Waals surface area contributed by atoms with Crippen LogP contribution in [0.4, 0.5) is 0 Å². The van der Waals surface area contributed by atoms with E-state index in [-0.39, 0.29) is 23.8 Å². The van der Waals surface area contributed by atoms with Crippen LogP contribution in [0.1, 0.15) is 32.1 Å². The zero-order chi connectivity index (χ0) is 18.0. The van der Waals surface area contributed by atoms with Crippen LogP contribution in [-0.4, -0.2) is 54.8 Å². The Bertz CT molecular complexity index is 634.